The van der Waals surface area contributed by atoms with E-state index in [9.17, 15) is 9.90 Å². The van der Waals surface area contributed by atoms with Crippen LogP contribution in [0.25, 0.3) is 5.65 Å². The van der Waals surface area contributed by atoms with Crippen molar-refractivity contribution in [3.05, 3.63) is 30.2 Å². The third kappa shape index (κ3) is 3.10. The molecular formula is C15H21N5O2. The number of aromatic nitrogens is 3. The number of aliphatic hydroxyl groups excluding tert-OH is 1. The van der Waals surface area contributed by atoms with Gasteiger partial charge in [-0.2, -0.15) is 0 Å². The zero-order valence-electron chi connectivity index (χ0n) is 12.7. The van der Waals surface area contributed by atoms with Gasteiger partial charge in [-0.25, -0.2) is 0 Å². The highest BCUT2D eigenvalue weighted by Gasteiger charge is 2.23. The fourth-order valence-electron chi connectivity index (χ4n) is 2.70. The van der Waals surface area contributed by atoms with Gasteiger partial charge in [0.2, 0.25) is 0 Å². The largest absolute Gasteiger partial charge is 0.392 e. The lowest BCUT2D eigenvalue weighted by atomic mass is 10.2. The number of amides is 1. The Morgan fingerprint density at radius 3 is 2.82 bits per heavy atom. The number of piperazine rings is 1. The highest BCUT2D eigenvalue weighted by Crippen LogP contribution is 2.11. The van der Waals surface area contributed by atoms with Crippen LogP contribution in [0.15, 0.2) is 24.7 Å². The van der Waals surface area contributed by atoms with Crippen LogP contribution in [-0.4, -0.2) is 74.2 Å². The SMILES string of the molecule is CC[C@H](O)CN1CCN(C(=O)c2ccc3nncn3c2)CC1. The van der Waals surface area contributed by atoms with Gasteiger partial charge in [0.1, 0.15) is 6.33 Å². The van der Waals surface area contributed by atoms with Crippen LogP contribution in [-0.2, 0) is 0 Å². The van der Waals surface area contributed by atoms with Crippen molar-refractivity contribution in [2.45, 2.75) is 19.4 Å². The standard InChI is InChI=1S/C15H21N5O2/c1-2-13(21)10-18-5-7-19(8-6-18)15(22)12-3-4-14-17-16-11-20(14)9-12/h3-4,9,11,13,21H,2,5-8,10H2,1H3/t13-/m0/s1. The number of fused-ring (bicyclic) bond motifs is 1. The smallest absolute Gasteiger partial charge is 0.255 e. The monoisotopic (exact) mass is 303 g/mol. The van der Waals surface area contributed by atoms with Gasteiger partial charge in [0.05, 0.1) is 11.7 Å². The van der Waals surface area contributed by atoms with Gasteiger partial charge in [-0.3, -0.25) is 14.1 Å². The predicted molar refractivity (Wildman–Crippen MR) is 81.6 cm³/mol. The first-order valence-electron chi connectivity index (χ1n) is 7.66. The summed E-state index contributed by atoms with van der Waals surface area (Å²) in [6.07, 6.45) is 3.84. The van der Waals surface area contributed by atoms with E-state index >= 15 is 0 Å². The quantitative estimate of drug-likeness (QED) is 0.877. The molecule has 0 aliphatic carbocycles. The summed E-state index contributed by atoms with van der Waals surface area (Å²) in [5.41, 5.74) is 1.38. The van der Waals surface area contributed by atoms with E-state index in [1.165, 1.54) is 0 Å². The Bertz CT molecular complexity index is 648. The second-order valence-corrected chi connectivity index (χ2v) is 5.67. The minimum atomic E-state index is -0.279. The fraction of sp³-hybridized carbons (Fsp3) is 0.533. The van der Waals surface area contributed by atoms with E-state index in [-0.39, 0.29) is 12.0 Å². The summed E-state index contributed by atoms with van der Waals surface area (Å²) >= 11 is 0. The molecule has 0 radical (unpaired) electrons. The summed E-state index contributed by atoms with van der Waals surface area (Å²) in [5, 5.41) is 17.5. The Kier molecular flexibility index (Phi) is 4.35. The number of carbonyl (C=O) groups is 1. The predicted octanol–water partition coefficient (Wildman–Crippen LogP) is 0.258. The average Bonchev–Trinajstić information content (AvgIpc) is 3.02. The number of rotatable bonds is 4. The van der Waals surface area contributed by atoms with Gasteiger partial charge in [0.15, 0.2) is 5.65 Å². The molecule has 0 aromatic carbocycles. The van der Waals surface area contributed by atoms with Crippen molar-refractivity contribution >= 4 is 11.6 Å². The molecule has 0 unspecified atom stereocenters. The summed E-state index contributed by atoms with van der Waals surface area (Å²) in [6, 6.07) is 3.59. The topological polar surface area (TPSA) is 74.0 Å². The minimum absolute atomic E-state index is 0.0336. The molecule has 22 heavy (non-hydrogen) atoms. The Morgan fingerprint density at radius 2 is 2.09 bits per heavy atom. The fourth-order valence-corrected chi connectivity index (χ4v) is 2.70. The lowest BCUT2D eigenvalue weighted by molar-refractivity contribution is 0.0523. The molecule has 1 amide bonds. The normalized spacial score (nSPS) is 17.8. The van der Waals surface area contributed by atoms with Crippen molar-refractivity contribution in [2.24, 2.45) is 0 Å². The van der Waals surface area contributed by atoms with E-state index in [0.29, 0.717) is 25.2 Å². The number of β-amino-alcohol motifs (C(OH)–C–C–N with tert-alkyl or cyclic N) is 1. The minimum Gasteiger partial charge on any atom is -0.392 e. The third-order valence-electron chi connectivity index (χ3n) is 4.14. The molecule has 3 rings (SSSR count). The van der Waals surface area contributed by atoms with E-state index in [2.05, 4.69) is 15.1 Å². The molecule has 1 saturated heterocycles. The van der Waals surface area contributed by atoms with Crippen LogP contribution in [0.4, 0.5) is 0 Å². The molecule has 0 saturated carbocycles. The molecule has 1 aliphatic rings. The Balaban J connectivity index is 1.61. The molecule has 1 aliphatic heterocycles. The van der Waals surface area contributed by atoms with Gasteiger partial charge in [-0.05, 0) is 18.6 Å². The zero-order valence-corrected chi connectivity index (χ0v) is 12.7. The zero-order chi connectivity index (χ0) is 15.5. The van der Waals surface area contributed by atoms with Crippen LogP contribution >= 0.6 is 0 Å². The molecule has 3 heterocycles. The van der Waals surface area contributed by atoms with E-state index < -0.39 is 0 Å². The Hall–Kier alpha value is -1.99. The number of pyridine rings is 1. The van der Waals surface area contributed by atoms with E-state index in [1.54, 1.807) is 29.1 Å². The maximum absolute atomic E-state index is 12.6. The van der Waals surface area contributed by atoms with E-state index in [0.717, 1.165) is 25.2 Å². The van der Waals surface area contributed by atoms with Crippen LogP contribution in [0.2, 0.25) is 0 Å². The molecule has 2 aromatic rings. The second kappa shape index (κ2) is 6.41. The number of hydrogen-bond acceptors (Lipinski definition) is 5. The first-order valence-corrected chi connectivity index (χ1v) is 7.66. The number of hydrogen-bond donors (Lipinski definition) is 1. The summed E-state index contributed by atoms with van der Waals surface area (Å²) in [6.45, 7) is 5.65. The number of carbonyl (C=O) groups excluding carboxylic acids is 1. The molecule has 1 atom stereocenters. The van der Waals surface area contributed by atoms with Crippen molar-refractivity contribution in [1.29, 1.82) is 0 Å². The van der Waals surface area contributed by atoms with Gasteiger partial charge in [-0.1, -0.05) is 6.92 Å². The van der Waals surface area contributed by atoms with Gasteiger partial charge < -0.3 is 10.0 Å². The second-order valence-electron chi connectivity index (χ2n) is 5.67. The third-order valence-corrected chi connectivity index (χ3v) is 4.14. The summed E-state index contributed by atoms with van der Waals surface area (Å²) in [5.74, 6) is 0.0336. The molecular weight excluding hydrogens is 282 g/mol. The van der Waals surface area contributed by atoms with Crippen molar-refractivity contribution in [3.8, 4) is 0 Å². The lowest BCUT2D eigenvalue weighted by Crippen LogP contribution is -2.50. The summed E-state index contributed by atoms with van der Waals surface area (Å²) < 4.78 is 1.75. The van der Waals surface area contributed by atoms with Crippen LogP contribution < -0.4 is 0 Å². The molecule has 7 heteroatoms. The molecule has 2 aromatic heterocycles. The van der Waals surface area contributed by atoms with Crippen molar-refractivity contribution in [1.82, 2.24) is 24.4 Å². The molecule has 7 nitrogen and oxygen atoms in total. The number of nitrogens with zero attached hydrogens (tertiary/aromatic N) is 5. The van der Waals surface area contributed by atoms with Gasteiger partial charge in [0.25, 0.3) is 5.91 Å². The highest BCUT2D eigenvalue weighted by molar-refractivity contribution is 5.94. The number of aliphatic hydroxyl groups is 1. The Morgan fingerprint density at radius 1 is 1.32 bits per heavy atom. The van der Waals surface area contributed by atoms with Crippen LogP contribution in [0, 0.1) is 0 Å². The first-order chi connectivity index (χ1) is 10.7. The molecule has 1 fully saturated rings. The molecule has 0 spiro atoms. The molecule has 1 N–H and O–H groups in total. The maximum Gasteiger partial charge on any atom is 0.255 e. The van der Waals surface area contributed by atoms with Crippen LogP contribution in [0.5, 0.6) is 0 Å². The van der Waals surface area contributed by atoms with E-state index in [4.69, 9.17) is 0 Å². The van der Waals surface area contributed by atoms with Crippen molar-refractivity contribution < 1.29 is 9.90 Å². The first kappa shape index (κ1) is 14.9. The summed E-state index contributed by atoms with van der Waals surface area (Å²) in [7, 11) is 0. The lowest BCUT2D eigenvalue weighted by Gasteiger charge is -2.35. The van der Waals surface area contributed by atoms with E-state index in [1.807, 2.05) is 11.8 Å². The molecule has 118 valence electrons. The molecule has 0 bridgehead atoms. The highest BCUT2D eigenvalue weighted by atomic mass is 16.3. The van der Waals surface area contributed by atoms with Gasteiger partial charge in [0, 0.05) is 38.9 Å². The van der Waals surface area contributed by atoms with Crippen LogP contribution in [0.3, 0.4) is 0 Å². The van der Waals surface area contributed by atoms with Gasteiger partial charge >= 0.3 is 0 Å². The van der Waals surface area contributed by atoms with Crippen LogP contribution in [0.1, 0.15) is 23.7 Å². The van der Waals surface area contributed by atoms with Crippen molar-refractivity contribution in [2.75, 3.05) is 32.7 Å². The summed E-state index contributed by atoms with van der Waals surface area (Å²) in [4.78, 5) is 16.6. The van der Waals surface area contributed by atoms with Crippen molar-refractivity contribution in [3.63, 3.8) is 0 Å². The Labute approximate surface area is 129 Å². The van der Waals surface area contributed by atoms with Gasteiger partial charge in [-0.15, -0.1) is 10.2 Å². The maximum atomic E-state index is 12.6. The average molecular weight is 303 g/mol.